The first kappa shape index (κ1) is 9.74. The lowest BCUT2D eigenvalue weighted by molar-refractivity contribution is 0.204. The molecule has 0 spiro atoms. The normalized spacial score (nSPS) is 19.6. The minimum atomic E-state index is 0.303. The highest BCUT2D eigenvalue weighted by Gasteiger charge is 2.18. The van der Waals surface area contributed by atoms with Gasteiger partial charge in [-0.3, -0.25) is 0 Å². The molecule has 1 rings (SSSR count). The van der Waals surface area contributed by atoms with Gasteiger partial charge in [0.15, 0.2) is 5.11 Å². The smallest absolute Gasteiger partial charge is 0.166 e. The van der Waals surface area contributed by atoms with Gasteiger partial charge in [-0.2, -0.15) is 0 Å². The van der Waals surface area contributed by atoms with Crippen LogP contribution in [0.1, 0.15) is 19.3 Å². The van der Waals surface area contributed by atoms with E-state index < -0.39 is 0 Å². The van der Waals surface area contributed by atoms with Crippen LogP contribution in [0.5, 0.6) is 0 Å². The summed E-state index contributed by atoms with van der Waals surface area (Å²) in [5.74, 6) is 0.667. The van der Waals surface area contributed by atoms with Gasteiger partial charge in [-0.1, -0.05) is 0 Å². The van der Waals surface area contributed by atoms with Crippen LogP contribution in [0.25, 0.3) is 0 Å². The van der Waals surface area contributed by atoms with Gasteiger partial charge in [-0.15, -0.1) is 0 Å². The van der Waals surface area contributed by atoms with Crippen molar-refractivity contribution in [3.8, 4) is 0 Å². The topological polar surface area (TPSA) is 49.5 Å². The zero-order valence-electron chi connectivity index (χ0n) is 7.20. The first-order valence-electron chi connectivity index (χ1n) is 4.39. The molecule has 0 aromatic heterocycles. The van der Waals surface area contributed by atoms with Crippen molar-refractivity contribution in [2.75, 3.05) is 19.7 Å². The zero-order valence-corrected chi connectivity index (χ0v) is 8.02. The summed E-state index contributed by atoms with van der Waals surface area (Å²) in [6.07, 6.45) is 3.14. The van der Waals surface area contributed by atoms with E-state index in [-0.39, 0.29) is 0 Å². The zero-order chi connectivity index (χ0) is 8.97. The van der Waals surface area contributed by atoms with Crippen molar-refractivity contribution in [1.29, 1.82) is 0 Å². The molecule has 0 saturated carbocycles. The highest BCUT2D eigenvalue weighted by Crippen LogP contribution is 2.19. The van der Waals surface area contributed by atoms with Crippen molar-refractivity contribution in [3.63, 3.8) is 0 Å². The summed E-state index contributed by atoms with van der Waals surface area (Å²) in [5.41, 5.74) is 5.49. The molecule has 0 aromatic rings. The van der Waals surface area contributed by atoms with Crippen LogP contribution >= 0.6 is 12.2 Å². The second kappa shape index (κ2) is 4.62. The summed E-state index contributed by atoms with van der Waals surface area (Å²) in [5, 5.41) is 9.24. The van der Waals surface area contributed by atoms with Crippen molar-refractivity contribution >= 4 is 17.3 Å². The van der Waals surface area contributed by atoms with Crippen molar-refractivity contribution in [2.24, 2.45) is 11.7 Å². The molecule has 70 valence electrons. The molecule has 12 heavy (non-hydrogen) atoms. The van der Waals surface area contributed by atoms with E-state index in [4.69, 9.17) is 23.1 Å². The van der Waals surface area contributed by atoms with E-state index in [1.807, 2.05) is 4.90 Å². The molecule has 0 aliphatic carbocycles. The Morgan fingerprint density at radius 2 is 2.08 bits per heavy atom. The Kier molecular flexibility index (Phi) is 3.75. The summed E-state index contributed by atoms with van der Waals surface area (Å²) in [6, 6.07) is 0. The molecular weight excluding hydrogens is 172 g/mol. The molecule has 0 aromatic carbocycles. The standard InChI is InChI=1S/C8H16N2OS/c9-8(12)10-4-1-7(2-5-10)3-6-11/h7,11H,1-6H2,(H2,9,12). The number of aliphatic hydroxyl groups is 1. The second-order valence-electron chi connectivity index (χ2n) is 3.28. The number of hydrogen-bond acceptors (Lipinski definition) is 2. The fourth-order valence-corrected chi connectivity index (χ4v) is 1.81. The Balaban J connectivity index is 2.25. The largest absolute Gasteiger partial charge is 0.396 e. The Bertz CT molecular complexity index is 155. The van der Waals surface area contributed by atoms with Gasteiger partial charge in [0.1, 0.15) is 0 Å². The SMILES string of the molecule is NC(=S)N1CCC(CCO)CC1. The Morgan fingerprint density at radius 1 is 1.50 bits per heavy atom. The molecule has 1 heterocycles. The third-order valence-electron chi connectivity index (χ3n) is 2.46. The average Bonchev–Trinajstić information content (AvgIpc) is 2.06. The van der Waals surface area contributed by atoms with Crippen LogP contribution in [0.2, 0.25) is 0 Å². The first-order chi connectivity index (χ1) is 5.74. The number of nitrogens with zero attached hydrogens (tertiary/aromatic N) is 1. The fourth-order valence-electron chi connectivity index (χ4n) is 1.62. The van der Waals surface area contributed by atoms with E-state index in [9.17, 15) is 0 Å². The van der Waals surface area contributed by atoms with Gasteiger partial charge in [0.2, 0.25) is 0 Å². The summed E-state index contributed by atoms with van der Waals surface area (Å²) in [6.45, 7) is 2.22. The van der Waals surface area contributed by atoms with Gasteiger partial charge in [-0.25, -0.2) is 0 Å². The van der Waals surface area contributed by atoms with Crippen molar-refractivity contribution in [1.82, 2.24) is 4.90 Å². The van der Waals surface area contributed by atoms with Crippen LogP contribution in [0, 0.1) is 5.92 Å². The number of rotatable bonds is 2. The van der Waals surface area contributed by atoms with Crippen LogP contribution in [0.3, 0.4) is 0 Å². The lowest BCUT2D eigenvalue weighted by Gasteiger charge is -2.31. The lowest BCUT2D eigenvalue weighted by atomic mass is 9.94. The second-order valence-corrected chi connectivity index (χ2v) is 3.70. The number of piperidine rings is 1. The molecule has 1 fully saturated rings. The maximum Gasteiger partial charge on any atom is 0.166 e. The van der Waals surface area contributed by atoms with Crippen LogP contribution in [-0.2, 0) is 0 Å². The molecule has 4 heteroatoms. The van der Waals surface area contributed by atoms with Gasteiger partial charge in [-0.05, 0) is 37.4 Å². The summed E-state index contributed by atoms with van der Waals surface area (Å²) in [4.78, 5) is 2.03. The lowest BCUT2D eigenvalue weighted by Crippen LogP contribution is -2.41. The van der Waals surface area contributed by atoms with Crippen molar-refractivity contribution in [3.05, 3.63) is 0 Å². The maximum atomic E-state index is 8.73. The Labute approximate surface area is 78.5 Å². The van der Waals surface area contributed by atoms with Crippen LogP contribution in [-0.4, -0.2) is 34.8 Å². The molecule has 1 aliphatic rings. The predicted octanol–water partition coefficient (Wildman–Crippen LogP) is 0.324. The van der Waals surface area contributed by atoms with Crippen LogP contribution in [0.4, 0.5) is 0 Å². The summed E-state index contributed by atoms with van der Waals surface area (Å²) < 4.78 is 0. The average molecular weight is 188 g/mol. The molecule has 1 aliphatic heterocycles. The van der Waals surface area contributed by atoms with Gasteiger partial charge in [0.25, 0.3) is 0 Å². The monoisotopic (exact) mass is 188 g/mol. The van der Waals surface area contributed by atoms with Crippen molar-refractivity contribution in [2.45, 2.75) is 19.3 Å². The summed E-state index contributed by atoms with van der Waals surface area (Å²) in [7, 11) is 0. The first-order valence-corrected chi connectivity index (χ1v) is 4.80. The van der Waals surface area contributed by atoms with Gasteiger partial charge < -0.3 is 15.7 Å². The minimum absolute atomic E-state index is 0.303. The number of likely N-dealkylation sites (tertiary alicyclic amines) is 1. The van der Waals surface area contributed by atoms with E-state index in [0.717, 1.165) is 32.4 Å². The predicted molar refractivity (Wildman–Crippen MR) is 52.8 cm³/mol. The van der Waals surface area contributed by atoms with Gasteiger partial charge in [0, 0.05) is 19.7 Å². The van der Waals surface area contributed by atoms with Crippen molar-refractivity contribution < 1.29 is 5.11 Å². The molecule has 1 saturated heterocycles. The number of aliphatic hydroxyl groups excluding tert-OH is 1. The quantitative estimate of drug-likeness (QED) is 0.613. The fraction of sp³-hybridized carbons (Fsp3) is 0.875. The minimum Gasteiger partial charge on any atom is -0.396 e. The molecule has 0 radical (unpaired) electrons. The van der Waals surface area contributed by atoms with Gasteiger partial charge >= 0.3 is 0 Å². The molecule has 0 unspecified atom stereocenters. The number of nitrogens with two attached hydrogens (primary N) is 1. The molecule has 0 atom stereocenters. The molecule has 0 bridgehead atoms. The molecule has 0 amide bonds. The van der Waals surface area contributed by atoms with E-state index >= 15 is 0 Å². The van der Waals surface area contributed by atoms with E-state index in [2.05, 4.69) is 0 Å². The highest BCUT2D eigenvalue weighted by molar-refractivity contribution is 7.80. The van der Waals surface area contributed by atoms with Crippen LogP contribution in [0.15, 0.2) is 0 Å². The Morgan fingerprint density at radius 3 is 2.50 bits per heavy atom. The Hall–Kier alpha value is -0.350. The van der Waals surface area contributed by atoms with E-state index in [1.165, 1.54) is 0 Å². The number of hydrogen-bond donors (Lipinski definition) is 2. The highest BCUT2D eigenvalue weighted by atomic mass is 32.1. The molecule has 3 nitrogen and oxygen atoms in total. The number of thiocarbonyl (C=S) groups is 1. The maximum absolute atomic E-state index is 8.73. The van der Waals surface area contributed by atoms with Crippen LogP contribution < -0.4 is 5.73 Å². The molecule has 3 N–H and O–H groups in total. The molecular formula is C8H16N2OS. The van der Waals surface area contributed by atoms with E-state index in [0.29, 0.717) is 17.6 Å². The third-order valence-corrected chi connectivity index (χ3v) is 2.72. The van der Waals surface area contributed by atoms with E-state index in [1.54, 1.807) is 0 Å². The summed E-state index contributed by atoms with van der Waals surface area (Å²) >= 11 is 4.87. The van der Waals surface area contributed by atoms with Gasteiger partial charge in [0.05, 0.1) is 0 Å². The third kappa shape index (κ3) is 2.60.